The van der Waals surface area contributed by atoms with E-state index in [1.165, 1.54) is 12.1 Å². The van der Waals surface area contributed by atoms with Gasteiger partial charge in [0.25, 0.3) is 0 Å². The predicted molar refractivity (Wildman–Crippen MR) is 70.8 cm³/mol. The van der Waals surface area contributed by atoms with Crippen LogP contribution >= 0.6 is 0 Å². The summed E-state index contributed by atoms with van der Waals surface area (Å²) in [6.45, 7) is 2.96. The third-order valence-electron chi connectivity index (χ3n) is 3.18. The van der Waals surface area contributed by atoms with Gasteiger partial charge in [-0.3, -0.25) is 0 Å². The summed E-state index contributed by atoms with van der Waals surface area (Å²) >= 11 is 0. The van der Waals surface area contributed by atoms with Crippen molar-refractivity contribution in [3.05, 3.63) is 47.7 Å². The second-order valence-electron chi connectivity index (χ2n) is 4.73. The SMILES string of the molecule is CC1CNc2ncc(Nc3cc(F)cc(F)c3)cc21. The quantitative estimate of drug-likeness (QED) is 0.866. The summed E-state index contributed by atoms with van der Waals surface area (Å²) in [7, 11) is 0. The zero-order valence-corrected chi connectivity index (χ0v) is 10.4. The van der Waals surface area contributed by atoms with E-state index in [4.69, 9.17) is 0 Å². The topological polar surface area (TPSA) is 37.0 Å². The Morgan fingerprint density at radius 1 is 1.16 bits per heavy atom. The van der Waals surface area contributed by atoms with Gasteiger partial charge < -0.3 is 10.6 Å². The average Bonchev–Trinajstić information content (AvgIpc) is 2.70. The first-order valence-electron chi connectivity index (χ1n) is 6.09. The lowest BCUT2D eigenvalue weighted by molar-refractivity contribution is 0.584. The minimum Gasteiger partial charge on any atom is -0.369 e. The van der Waals surface area contributed by atoms with Crippen LogP contribution in [0, 0.1) is 11.6 Å². The summed E-state index contributed by atoms with van der Waals surface area (Å²) in [6, 6.07) is 5.30. The van der Waals surface area contributed by atoms with E-state index in [1.807, 2.05) is 6.07 Å². The largest absolute Gasteiger partial charge is 0.369 e. The molecule has 1 aromatic carbocycles. The molecule has 1 atom stereocenters. The number of hydrogen-bond donors (Lipinski definition) is 2. The molecule has 3 nitrogen and oxygen atoms in total. The normalized spacial score (nSPS) is 16.9. The van der Waals surface area contributed by atoms with Crippen LogP contribution in [0.4, 0.5) is 26.0 Å². The van der Waals surface area contributed by atoms with Crippen LogP contribution in [-0.2, 0) is 0 Å². The fourth-order valence-corrected chi connectivity index (χ4v) is 2.23. The Balaban J connectivity index is 1.89. The second-order valence-corrected chi connectivity index (χ2v) is 4.73. The van der Waals surface area contributed by atoms with Crippen molar-refractivity contribution in [3.63, 3.8) is 0 Å². The van der Waals surface area contributed by atoms with E-state index in [2.05, 4.69) is 22.5 Å². The van der Waals surface area contributed by atoms with Crippen molar-refractivity contribution in [1.82, 2.24) is 4.98 Å². The molecule has 1 aliphatic rings. The van der Waals surface area contributed by atoms with Gasteiger partial charge in [0.15, 0.2) is 0 Å². The zero-order chi connectivity index (χ0) is 13.4. The van der Waals surface area contributed by atoms with E-state index in [1.54, 1.807) is 6.20 Å². The number of pyridine rings is 1. The molecule has 1 aliphatic heterocycles. The van der Waals surface area contributed by atoms with Crippen LogP contribution in [0.15, 0.2) is 30.5 Å². The molecule has 1 aromatic heterocycles. The van der Waals surface area contributed by atoms with E-state index in [-0.39, 0.29) is 0 Å². The van der Waals surface area contributed by atoms with Gasteiger partial charge in [-0.15, -0.1) is 0 Å². The molecular weight excluding hydrogens is 248 g/mol. The standard InChI is InChI=1S/C14H13F2N3/c1-8-6-17-14-13(8)5-12(7-18-14)19-11-3-9(15)2-10(16)4-11/h2-5,7-8,19H,6H2,1H3,(H,17,18). The van der Waals surface area contributed by atoms with Gasteiger partial charge in [0.05, 0.1) is 11.9 Å². The fraction of sp³-hybridized carbons (Fsp3) is 0.214. The third-order valence-corrected chi connectivity index (χ3v) is 3.18. The summed E-state index contributed by atoms with van der Waals surface area (Å²) < 4.78 is 26.2. The van der Waals surface area contributed by atoms with Crippen LogP contribution < -0.4 is 10.6 Å². The van der Waals surface area contributed by atoms with Gasteiger partial charge in [0, 0.05) is 29.8 Å². The number of nitrogens with zero attached hydrogens (tertiary/aromatic N) is 1. The van der Waals surface area contributed by atoms with Gasteiger partial charge in [-0.05, 0) is 18.2 Å². The van der Waals surface area contributed by atoms with Gasteiger partial charge in [-0.25, -0.2) is 13.8 Å². The molecule has 0 saturated heterocycles. The summed E-state index contributed by atoms with van der Waals surface area (Å²) in [4.78, 5) is 4.29. The summed E-state index contributed by atoms with van der Waals surface area (Å²) in [5, 5.41) is 6.17. The molecule has 0 amide bonds. The molecule has 0 radical (unpaired) electrons. The smallest absolute Gasteiger partial charge is 0.129 e. The van der Waals surface area contributed by atoms with Crippen LogP contribution in [0.1, 0.15) is 18.4 Å². The molecule has 5 heteroatoms. The van der Waals surface area contributed by atoms with Crippen LogP contribution in [0.5, 0.6) is 0 Å². The molecule has 0 spiro atoms. The predicted octanol–water partition coefficient (Wildman–Crippen LogP) is 3.63. The number of aromatic nitrogens is 1. The molecule has 2 heterocycles. The van der Waals surface area contributed by atoms with Gasteiger partial charge in [-0.1, -0.05) is 6.92 Å². The minimum absolute atomic E-state index is 0.373. The lowest BCUT2D eigenvalue weighted by atomic mass is 10.1. The Hall–Kier alpha value is -2.17. The number of nitrogens with one attached hydrogen (secondary N) is 2. The minimum atomic E-state index is -0.605. The monoisotopic (exact) mass is 261 g/mol. The van der Waals surface area contributed by atoms with Gasteiger partial charge in [0.1, 0.15) is 17.5 Å². The lowest BCUT2D eigenvalue weighted by Gasteiger charge is -2.09. The van der Waals surface area contributed by atoms with Crippen molar-refractivity contribution < 1.29 is 8.78 Å². The van der Waals surface area contributed by atoms with Crippen molar-refractivity contribution in [3.8, 4) is 0 Å². The van der Waals surface area contributed by atoms with Crippen LogP contribution in [0.25, 0.3) is 0 Å². The van der Waals surface area contributed by atoms with Crippen molar-refractivity contribution in [1.29, 1.82) is 0 Å². The highest BCUT2D eigenvalue weighted by molar-refractivity contribution is 5.64. The van der Waals surface area contributed by atoms with Crippen LogP contribution in [0.2, 0.25) is 0 Å². The molecule has 1 unspecified atom stereocenters. The van der Waals surface area contributed by atoms with Crippen molar-refractivity contribution in [2.45, 2.75) is 12.8 Å². The molecule has 0 bridgehead atoms. The van der Waals surface area contributed by atoms with Crippen molar-refractivity contribution >= 4 is 17.2 Å². The van der Waals surface area contributed by atoms with E-state index >= 15 is 0 Å². The maximum absolute atomic E-state index is 13.1. The van der Waals surface area contributed by atoms with Crippen LogP contribution in [-0.4, -0.2) is 11.5 Å². The Labute approximate surface area is 109 Å². The third kappa shape index (κ3) is 2.36. The maximum atomic E-state index is 13.1. The summed E-state index contributed by atoms with van der Waals surface area (Å²) in [5.41, 5.74) is 2.21. The molecule has 2 N–H and O–H groups in total. The highest BCUT2D eigenvalue weighted by Gasteiger charge is 2.19. The Bertz CT molecular complexity index is 608. The number of halogens is 2. The molecule has 0 saturated carbocycles. The van der Waals surface area contributed by atoms with Crippen LogP contribution in [0.3, 0.4) is 0 Å². The number of benzene rings is 1. The molecular formula is C14H13F2N3. The molecule has 2 aromatic rings. The molecule has 98 valence electrons. The van der Waals surface area contributed by atoms with Crippen molar-refractivity contribution in [2.24, 2.45) is 0 Å². The number of rotatable bonds is 2. The molecule has 19 heavy (non-hydrogen) atoms. The van der Waals surface area contributed by atoms with E-state index in [0.29, 0.717) is 11.6 Å². The summed E-state index contributed by atoms with van der Waals surface area (Å²) in [6.07, 6.45) is 1.65. The van der Waals surface area contributed by atoms with Crippen molar-refractivity contribution in [2.75, 3.05) is 17.2 Å². The number of fused-ring (bicyclic) bond motifs is 1. The summed E-state index contributed by atoms with van der Waals surface area (Å²) in [5.74, 6) is 0.0512. The number of hydrogen-bond acceptors (Lipinski definition) is 3. The van der Waals surface area contributed by atoms with Gasteiger partial charge >= 0.3 is 0 Å². The van der Waals surface area contributed by atoms with Gasteiger partial charge in [0.2, 0.25) is 0 Å². The Morgan fingerprint density at radius 3 is 2.63 bits per heavy atom. The second kappa shape index (κ2) is 4.50. The fourth-order valence-electron chi connectivity index (χ4n) is 2.23. The lowest BCUT2D eigenvalue weighted by Crippen LogP contribution is -1.96. The highest BCUT2D eigenvalue weighted by atomic mass is 19.1. The average molecular weight is 261 g/mol. The first kappa shape index (κ1) is 11.9. The van der Waals surface area contributed by atoms with Gasteiger partial charge in [-0.2, -0.15) is 0 Å². The maximum Gasteiger partial charge on any atom is 0.129 e. The van der Waals surface area contributed by atoms with E-state index in [9.17, 15) is 8.78 Å². The Kier molecular flexibility index (Phi) is 2.81. The Morgan fingerprint density at radius 2 is 1.89 bits per heavy atom. The highest BCUT2D eigenvalue weighted by Crippen LogP contribution is 2.31. The van der Waals surface area contributed by atoms with E-state index < -0.39 is 11.6 Å². The molecule has 0 aliphatic carbocycles. The first-order chi connectivity index (χ1) is 9.11. The zero-order valence-electron chi connectivity index (χ0n) is 10.4. The number of anilines is 3. The van der Waals surface area contributed by atoms with E-state index in [0.717, 1.165) is 29.7 Å². The molecule has 3 rings (SSSR count). The first-order valence-corrected chi connectivity index (χ1v) is 6.09. The molecule has 0 fully saturated rings.